The Labute approximate surface area is 847 Å². The fourth-order valence-corrected chi connectivity index (χ4v) is 16.8. The van der Waals surface area contributed by atoms with Crippen molar-refractivity contribution in [3.05, 3.63) is 313 Å². The van der Waals surface area contributed by atoms with Gasteiger partial charge in [0.25, 0.3) is 23.6 Å². The van der Waals surface area contributed by atoms with Gasteiger partial charge < -0.3 is 68.4 Å². The van der Waals surface area contributed by atoms with Crippen molar-refractivity contribution in [2.75, 3.05) is 152 Å². The van der Waals surface area contributed by atoms with Gasteiger partial charge in [-0.2, -0.15) is 36.2 Å². The molecular formula is C113H100FN23O10. The molecule has 4 saturated heterocycles. The van der Waals surface area contributed by atoms with Gasteiger partial charge in [-0.15, -0.1) is 0 Å². The molecule has 4 amide bonds. The van der Waals surface area contributed by atoms with Crippen LogP contribution in [-0.2, 0) is 19.2 Å². The van der Waals surface area contributed by atoms with Gasteiger partial charge in [0.2, 0.25) is 0 Å². The van der Waals surface area contributed by atoms with Crippen molar-refractivity contribution in [3.63, 3.8) is 0 Å². The van der Waals surface area contributed by atoms with Gasteiger partial charge in [0.1, 0.15) is 66.1 Å². The van der Waals surface area contributed by atoms with E-state index >= 15 is 4.39 Å². The van der Waals surface area contributed by atoms with Gasteiger partial charge in [0.05, 0.1) is 114 Å². The Hall–Kier alpha value is -18.9. The van der Waals surface area contributed by atoms with Crippen molar-refractivity contribution in [1.82, 2.24) is 78.0 Å². The van der Waals surface area contributed by atoms with Crippen LogP contribution in [0.2, 0.25) is 0 Å². The molecule has 16 heterocycles. The number of halogens is 1. The highest BCUT2D eigenvalue weighted by Crippen LogP contribution is 2.38. The highest BCUT2D eigenvalue weighted by atomic mass is 19.1. The average molecular weight is 1960 g/mol. The summed E-state index contributed by atoms with van der Waals surface area (Å²) in [6.45, 7) is 16.3. The molecule has 33 nitrogen and oxygen atoms in total. The van der Waals surface area contributed by atoms with E-state index in [-0.39, 0.29) is 42.7 Å². The van der Waals surface area contributed by atoms with Gasteiger partial charge >= 0.3 is 0 Å². The van der Waals surface area contributed by atoms with Crippen LogP contribution in [0.3, 0.4) is 0 Å². The maximum absolute atomic E-state index is 15.2. The van der Waals surface area contributed by atoms with Crippen LogP contribution in [0.15, 0.2) is 269 Å². The van der Waals surface area contributed by atoms with Crippen LogP contribution in [0.1, 0.15) is 66.6 Å². The monoisotopic (exact) mass is 1960 g/mol. The van der Waals surface area contributed by atoms with E-state index in [2.05, 4.69) is 145 Å². The molecule has 0 radical (unpaired) electrons. The molecule has 2 N–H and O–H groups in total. The van der Waals surface area contributed by atoms with Crippen molar-refractivity contribution in [2.24, 2.45) is 0 Å². The van der Waals surface area contributed by atoms with Crippen molar-refractivity contribution in [2.45, 2.75) is 38.9 Å². The molecule has 4 aromatic carbocycles. The summed E-state index contributed by atoms with van der Waals surface area (Å²) in [5, 5.41) is 66.0. The average Bonchev–Trinajstić information content (AvgIpc) is 1.65. The largest absolute Gasteiger partial charge is 0.495 e. The van der Waals surface area contributed by atoms with E-state index in [1.807, 2.05) is 166 Å². The molecule has 734 valence electrons. The minimum atomic E-state index is -0.999. The molecule has 4 aliphatic heterocycles. The molecule has 0 unspecified atom stereocenters. The number of pyridine rings is 8. The standard InChI is InChI=1S/C30H28N6O3.C29H27N7O3.C27H21FN6O2.C27H24N4O2/c1-30(2,38)21-39-25-16-26(29-24(17-31)19-33-36(29)20-25)23-9-10-27(32-18-23)34-12-14-35(15-13-34)28(37)11-8-22-6-4-3-5-7-22;1-29(2,38)20-39-24-14-25(28-23(15-30)18-33-36(28)19-24)22-6-7-26(32-17-22)34-10-12-35(13-11-34)27(37)8-5-21-4-3-9-31-16-21;1-36-22-14-23(26-21(15-29)17-31-34(26)18-22)20-13-24(28)27(30-16-20)33-11-9-32(10-12-33)25(35)8-7-19-5-3-2-4-6-19;1-33-24-19-25(26-13-14-28-31(26)20-24)22-8-10-23(11-9-22)29-15-17-30(18-16-29)27(32)12-7-21-5-3-2-4-6-21/h3-7,9-10,16,18-20,38H,12-15,21H2,1-2H3;3-4,6-7,9,14,16-19,38H,10-13,20H2,1-2H3;2-6,13-14,16-18H,9-12H2,1H3;2-6,8-11,13-14,19-20H,15-18H2,1H3. The molecule has 147 heavy (non-hydrogen) atoms. The minimum absolute atomic E-state index is 0.102. The molecule has 0 saturated carbocycles. The van der Waals surface area contributed by atoms with E-state index in [0.29, 0.717) is 159 Å². The Bertz CT molecular complexity index is 7650. The van der Waals surface area contributed by atoms with E-state index < -0.39 is 17.0 Å². The second-order valence-electron chi connectivity index (χ2n) is 35.9. The number of hydrogen-bond donors (Lipinski definition) is 2. The maximum Gasteiger partial charge on any atom is 0.298 e. The Morgan fingerprint density at radius 3 is 1.10 bits per heavy atom. The van der Waals surface area contributed by atoms with Gasteiger partial charge in [0, 0.05) is 226 Å². The van der Waals surface area contributed by atoms with Gasteiger partial charge in [0.15, 0.2) is 11.6 Å². The Morgan fingerprint density at radius 2 is 0.721 bits per heavy atom. The molecule has 16 aromatic rings. The van der Waals surface area contributed by atoms with Crippen molar-refractivity contribution in [3.8, 4) is 133 Å². The lowest BCUT2D eigenvalue weighted by Crippen LogP contribution is -2.49. The first kappa shape index (κ1) is 99.6. The number of anilines is 4. The number of ether oxygens (including phenoxy) is 4. The zero-order valence-electron chi connectivity index (χ0n) is 81.5. The Morgan fingerprint density at radius 1 is 0.361 bits per heavy atom. The van der Waals surface area contributed by atoms with E-state index in [0.717, 1.165) is 91.7 Å². The molecule has 0 spiro atoms. The number of fused-ring (bicyclic) bond motifs is 4. The third kappa shape index (κ3) is 24.8. The predicted octanol–water partition coefficient (Wildman–Crippen LogP) is 12.5. The predicted molar refractivity (Wildman–Crippen MR) is 553 cm³/mol. The first-order valence-corrected chi connectivity index (χ1v) is 47.4. The molecule has 0 aliphatic carbocycles. The second kappa shape index (κ2) is 45.8. The number of rotatable bonds is 16. The van der Waals surface area contributed by atoms with Gasteiger partial charge in [-0.1, -0.05) is 90.4 Å². The van der Waals surface area contributed by atoms with Crippen LogP contribution in [-0.4, -0.2) is 255 Å². The second-order valence-corrected chi connectivity index (χ2v) is 35.9. The first-order chi connectivity index (χ1) is 71.4. The number of amides is 4. The third-order valence-electron chi connectivity index (χ3n) is 24.5. The van der Waals surface area contributed by atoms with Crippen LogP contribution in [0.4, 0.5) is 27.5 Å². The summed E-state index contributed by atoms with van der Waals surface area (Å²) in [5.41, 5.74) is 12.8. The summed E-state index contributed by atoms with van der Waals surface area (Å²) in [6.07, 6.45) is 21.6. The molecule has 0 atom stereocenters. The zero-order valence-corrected chi connectivity index (χ0v) is 81.5. The summed E-state index contributed by atoms with van der Waals surface area (Å²) < 4.78 is 44.2. The third-order valence-corrected chi connectivity index (χ3v) is 24.5. The van der Waals surface area contributed by atoms with E-state index in [1.54, 1.807) is 126 Å². The zero-order chi connectivity index (χ0) is 103. The Kier molecular flexibility index (Phi) is 31.0. The molecule has 4 aliphatic rings. The number of piperazine rings is 4. The molecule has 4 fully saturated rings. The van der Waals surface area contributed by atoms with E-state index in [4.69, 9.17) is 18.9 Å². The summed E-state index contributed by atoms with van der Waals surface area (Å²) in [7, 11) is 3.19. The lowest BCUT2D eigenvalue weighted by atomic mass is 10.0. The number of aromatic nitrogens is 12. The molecule has 12 aromatic heterocycles. The number of methoxy groups -OCH3 is 2. The first-order valence-electron chi connectivity index (χ1n) is 47.4. The highest BCUT2D eigenvalue weighted by Gasteiger charge is 2.30. The number of hydrogen-bond acceptors (Lipinski definition) is 25. The van der Waals surface area contributed by atoms with E-state index in [9.17, 15) is 45.2 Å². The summed E-state index contributed by atoms with van der Waals surface area (Å²) in [4.78, 5) is 83.2. The van der Waals surface area contributed by atoms with Crippen molar-refractivity contribution in [1.29, 1.82) is 15.8 Å². The maximum atomic E-state index is 15.2. The topological polar surface area (TPSA) is 364 Å². The molecular weight excluding hydrogens is 1860 g/mol. The lowest BCUT2D eigenvalue weighted by Gasteiger charge is -2.35. The SMILES string of the molecule is CC(C)(O)COc1cc(-c2ccc(N3CCN(C(=O)C#Cc4ccccc4)CC3)nc2)c2c(C#N)cnn2c1.CC(C)(O)COc1cc(-c2ccc(N3CCN(C(=O)C#Cc4cccnc4)CC3)nc2)c2c(C#N)cnn2c1.COc1cc(-c2ccc(N3CCN(C(=O)C#Cc4ccccc4)CC3)cc2)c2ccnn2c1.COc1cc(-c2cnc(N3CCN(C(=O)C#Cc4ccccc4)CC3)c(F)c2)c2c(C#N)cnn2c1. The van der Waals surface area contributed by atoms with Gasteiger partial charge in [-0.25, -0.2) is 37.4 Å². The summed E-state index contributed by atoms with van der Waals surface area (Å²) in [6, 6.07) is 65.6. The number of carbonyl (C=O) groups excluding carboxylic acids is 4. The van der Waals surface area contributed by atoms with Crippen LogP contribution in [0.25, 0.3) is 66.6 Å². The highest BCUT2D eigenvalue weighted by molar-refractivity contribution is 5.97. The molecule has 34 heteroatoms. The van der Waals surface area contributed by atoms with Gasteiger partial charge in [-0.3, -0.25) is 24.2 Å². The number of aliphatic hydroxyl groups is 2. The number of carbonyl (C=O) groups is 4. The molecule has 20 rings (SSSR count). The smallest absolute Gasteiger partial charge is 0.298 e. The van der Waals surface area contributed by atoms with Crippen molar-refractivity contribution < 1.29 is 52.7 Å². The Balaban J connectivity index is 0.000000134. The number of nitrogens with zero attached hydrogens (tertiary/aromatic N) is 23. The van der Waals surface area contributed by atoms with Crippen LogP contribution < -0.4 is 38.5 Å². The van der Waals surface area contributed by atoms with Crippen LogP contribution in [0.5, 0.6) is 23.0 Å². The number of nitriles is 3. The van der Waals surface area contributed by atoms with Crippen LogP contribution in [0, 0.1) is 87.2 Å². The van der Waals surface area contributed by atoms with Crippen LogP contribution >= 0.6 is 0 Å². The quantitative estimate of drug-likeness (QED) is 0.0848. The van der Waals surface area contributed by atoms with E-state index in [1.165, 1.54) is 36.3 Å². The number of benzene rings is 4. The van der Waals surface area contributed by atoms with Gasteiger partial charge in [-0.05, 0) is 155 Å². The summed E-state index contributed by atoms with van der Waals surface area (Å²) in [5.74, 6) is 25.4. The van der Waals surface area contributed by atoms with Crippen molar-refractivity contribution >= 4 is 68.8 Å². The minimum Gasteiger partial charge on any atom is -0.495 e. The summed E-state index contributed by atoms with van der Waals surface area (Å²) >= 11 is 0. The lowest BCUT2D eigenvalue weighted by molar-refractivity contribution is -0.126. The molecule has 0 bridgehead atoms. The fourth-order valence-electron chi connectivity index (χ4n) is 16.8. The normalized spacial score (nSPS) is 13.4. The fraction of sp³-hybridized carbons (Fsp3) is 0.230.